The average molecular weight is 385 g/mol. The van der Waals surface area contributed by atoms with Gasteiger partial charge in [-0.1, -0.05) is 27.7 Å². The van der Waals surface area contributed by atoms with Crippen LogP contribution in [0, 0.1) is 23.7 Å². The molecule has 0 bridgehead atoms. The molecule has 0 unspecified atom stereocenters. The molecule has 0 aliphatic carbocycles. The minimum atomic E-state index is -0.787. The molecule has 1 rings (SSSR count). The zero-order chi connectivity index (χ0) is 20.7. The van der Waals surface area contributed by atoms with Gasteiger partial charge in [0.15, 0.2) is 0 Å². The molecule has 3 N–H and O–H groups in total. The van der Waals surface area contributed by atoms with Crippen LogP contribution in [0.25, 0.3) is 0 Å². The lowest BCUT2D eigenvalue weighted by atomic mass is 9.92. The van der Waals surface area contributed by atoms with Crippen LogP contribution in [0.2, 0.25) is 0 Å². The fourth-order valence-corrected chi connectivity index (χ4v) is 3.00. The van der Waals surface area contributed by atoms with Gasteiger partial charge in [-0.25, -0.2) is 9.59 Å². The summed E-state index contributed by atoms with van der Waals surface area (Å²) in [6.45, 7) is 7.79. The molecule has 1 heterocycles. The van der Waals surface area contributed by atoms with E-state index in [1.54, 1.807) is 27.7 Å². The SMILES string of the molecule is COC(=O)[C@@H](NC(=O)[C@@H]1CNC[C@H]1C(=O)N[C@H](C(=O)OC)C(C)C)C(C)C. The van der Waals surface area contributed by atoms with E-state index in [2.05, 4.69) is 16.0 Å². The molecule has 0 aromatic rings. The summed E-state index contributed by atoms with van der Waals surface area (Å²) in [6.07, 6.45) is 0. The Morgan fingerprint density at radius 1 is 0.778 bits per heavy atom. The largest absolute Gasteiger partial charge is 0.467 e. The van der Waals surface area contributed by atoms with Crippen LogP contribution in [-0.4, -0.2) is 63.1 Å². The predicted octanol–water partition coefficient (Wildman–Crippen LogP) is -0.550. The Balaban J connectivity index is 2.84. The third-order valence-electron chi connectivity index (χ3n) is 4.73. The molecule has 1 saturated heterocycles. The number of methoxy groups -OCH3 is 2. The molecule has 1 aliphatic heterocycles. The zero-order valence-corrected chi connectivity index (χ0v) is 16.8. The van der Waals surface area contributed by atoms with E-state index in [-0.39, 0.29) is 11.8 Å². The fourth-order valence-electron chi connectivity index (χ4n) is 3.00. The van der Waals surface area contributed by atoms with Crippen LogP contribution in [0.3, 0.4) is 0 Å². The highest BCUT2D eigenvalue weighted by Crippen LogP contribution is 2.19. The number of hydrogen-bond donors (Lipinski definition) is 3. The second-order valence-electron chi connectivity index (χ2n) is 7.38. The van der Waals surface area contributed by atoms with E-state index in [4.69, 9.17) is 9.47 Å². The van der Waals surface area contributed by atoms with Crippen molar-refractivity contribution in [3.63, 3.8) is 0 Å². The topological polar surface area (TPSA) is 123 Å². The van der Waals surface area contributed by atoms with Crippen molar-refractivity contribution in [2.75, 3.05) is 27.3 Å². The summed E-state index contributed by atoms with van der Waals surface area (Å²) >= 11 is 0. The summed E-state index contributed by atoms with van der Waals surface area (Å²) < 4.78 is 9.46. The summed E-state index contributed by atoms with van der Waals surface area (Å²) in [5, 5.41) is 8.38. The van der Waals surface area contributed by atoms with Gasteiger partial charge in [0.05, 0.1) is 26.1 Å². The van der Waals surface area contributed by atoms with Crippen molar-refractivity contribution in [2.45, 2.75) is 39.8 Å². The van der Waals surface area contributed by atoms with E-state index in [1.165, 1.54) is 14.2 Å². The van der Waals surface area contributed by atoms with Gasteiger partial charge in [0.25, 0.3) is 0 Å². The molecule has 2 amide bonds. The summed E-state index contributed by atoms with van der Waals surface area (Å²) in [6, 6.07) is -1.57. The maximum Gasteiger partial charge on any atom is 0.328 e. The monoisotopic (exact) mass is 385 g/mol. The van der Waals surface area contributed by atoms with Gasteiger partial charge in [0, 0.05) is 13.1 Å². The Morgan fingerprint density at radius 2 is 1.11 bits per heavy atom. The summed E-state index contributed by atoms with van der Waals surface area (Å²) in [4.78, 5) is 49.1. The molecule has 0 aromatic heterocycles. The number of nitrogens with one attached hydrogen (secondary N) is 3. The van der Waals surface area contributed by atoms with Crippen molar-refractivity contribution in [1.29, 1.82) is 0 Å². The first kappa shape index (κ1) is 22.9. The van der Waals surface area contributed by atoms with Crippen molar-refractivity contribution in [3.8, 4) is 0 Å². The smallest absolute Gasteiger partial charge is 0.328 e. The van der Waals surface area contributed by atoms with Crippen LogP contribution in [0.5, 0.6) is 0 Å². The first-order valence-corrected chi connectivity index (χ1v) is 9.11. The van der Waals surface area contributed by atoms with E-state index >= 15 is 0 Å². The maximum atomic E-state index is 12.7. The second-order valence-corrected chi connectivity index (χ2v) is 7.38. The first-order valence-electron chi connectivity index (χ1n) is 9.11. The fraction of sp³-hybridized carbons (Fsp3) is 0.778. The third-order valence-corrected chi connectivity index (χ3v) is 4.73. The lowest BCUT2D eigenvalue weighted by molar-refractivity contribution is -0.148. The Hall–Kier alpha value is -2.16. The van der Waals surface area contributed by atoms with Gasteiger partial charge in [-0.05, 0) is 11.8 Å². The molecule has 4 atom stereocenters. The molecule has 9 nitrogen and oxygen atoms in total. The van der Waals surface area contributed by atoms with Gasteiger partial charge in [0.2, 0.25) is 11.8 Å². The third kappa shape index (κ3) is 5.92. The van der Waals surface area contributed by atoms with Crippen molar-refractivity contribution >= 4 is 23.8 Å². The lowest BCUT2D eigenvalue weighted by Crippen LogP contribution is -2.52. The minimum Gasteiger partial charge on any atom is -0.467 e. The van der Waals surface area contributed by atoms with E-state index in [0.29, 0.717) is 13.1 Å². The second kappa shape index (κ2) is 10.2. The molecule has 154 valence electrons. The lowest BCUT2D eigenvalue weighted by Gasteiger charge is -2.25. The number of rotatable bonds is 8. The molecule has 1 aliphatic rings. The van der Waals surface area contributed by atoms with E-state index in [9.17, 15) is 19.2 Å². The molecule has 27 heavy (non-hydrogen) atoms. The Kier molecular flexibility index (Phi) is 8.68. The highest BCUT2D eigenvalue weighted by molar-refractivity contribution is 5.92. The van der Waals surface area contributed by atoms with Crippen molar-refractivity contribution in [2.24, 2.45) is 23.7 Å². The van der Waals surface area contributed by atoms with Gasteiger partial charge < -0.3 is 25.4 Å². The number of carbonyl (C=O) groups is 4. The van der Waals surface area contributed by atoms with Gasteiger partial charge >= 0.3 is 11.9 Å². The summed E-state index contributed by atoms with van der Waals surface area (Å²) in [5.74, 6) is -3.48. The molecule has 0 radical (unpaired) electrons. The first-order chi connectivity index (χ1) is 12.6. The summed E-state index contributed by atoms with van der Waals surface area (Å²) in [5.41, 5.74) is 0. The normalized spacial score (nSPS) is 21.5. The number of carbonyl (C=O) groups excluding carboxylic acids is 4. The quantitative estimate of drug-likeness (QED) is 0.479. The number of hydrogen-bond acceptors (Lipinski definition) is 7. The van der Waals surface area contributed by atoms with Gasteiger partial charge in [0.1, 0.15) is 12.1 Å². The predicted molar refractivity (Wildman–Crippen MR) is 97.4 cm³/mol. The minimum absolute atomic E-state index is 0.160. The number of ether oxygens (including phenoxy) is 2. The van der Waals surface area contributed by atoms with Crippen LogP contribution in [0.1, 0.15) is 27.7 Å². The van der Waals surface area contributed by atoms with Crippen LogP contribution < -0.4 is 16.0 Å². The highest BCUT2D eigenvalue weighted by atomic mass is 16.5. The van der Waals surface area contributed by atoms with Gasteiger partial charge in [-0.2, -0.15) is 0 Å². The Morgan fingerprint density at radius 3 is 1.37 bits per heavy atom. The van der Waals surface area contributed by atoms with Crippen LogP contribution in [0.15, 0.2) is 0 Å². The highest BCUT2D eigenvalue weighted by Gasteiger charge is 2.41. The summed E-state index contributed by atoms with van der Waals surface area (Å²) in [7, 11) is 2.52. The molecular weight excluding hydrogens is 354 g/mol. The maximum absolute atomic E-state index is 12.7. The number of esters is 2. The molecule has 0 spiro atoms. The molecule has 1 fully saturated rings. The van der Waals surface area contributed by atoms with Gasteiger partial charge in [-0.15, -0.1) is 0 Å². The van der Waals surface area contributed by atoms with Crippen molar-refractivity contribution < 1.29 is 28.7 Å². The zero-order valence-electron chi connectivity index (χ0n) is 16.8. The van der Waals surface area contributed by atoms with Gasteiger partial charge in [-0.3, -0.25) is 9.59 Å². The molecule has 0 saturated carbocycles. The molecule has 0 aromatic carbocycles. The number of amides is 2. The Labute approximate surface area is 159 Å². The standard InChI is InChI=1S/C18H31N3O6/c1-9(2)13(17(24)26-5)20-15(22)11-7-19-8-12(11)16(23)21-14(10(3)4)18(25)27-6/h9-14,19H,7-8H2,1-6H3,(H,20,22)(H,21,23)/t11-,12-,13+,14+/m1/s1. The Bertz CT molecular complexity index is 515. The van der Waals surface area contributed by atoms with Crippen LogP contribution >= 0.6 is 0 Å². The average Bonchev–Trinajstić information content (AvgIpc) is 3.11. The van der Waals surface area contributed by atoms with Crippen LogP contribution in [0.4, 0.5) is 0 Å². The van der Waals surface area contributed by atoms with E-state index in [1.807, 2.05) is 0 Å². The molecule has 9 heteroatoms. The van der Waals surface area contributed by atoms with Crippen LogP contribution in [-0.2, 0) is 28.7 Å². The van der Waals surface area contributed by atoms with Crippen molar-refractivity contribution in [1.82, 2.24) is 16.0 Å². The van der Waals surface area contributed by atoms with E-state index < -0.39 is 47.7 Å². The molecular formula is C18H31N3O6. The van der Waals surface area contributed by atoms with Crippen molar-refractivity contribution in [3.05, 3.63) is 0 Å². The van der Waals surface area contributed by atoms with E-state index in [0.717, 1.165) is 0 Å².